The monoisotopic (exact) mass is 168 g/mol. The van der Waals surface area contributed by atoms with Gasteiger partial charge in [-0.3, -0.25) is 4.79 Å². The third-order valence-corrected chi connectivity index (χ3v) is 1.69. The molecule has 0 aliphatic heterocycles. The fourth-order valence-electron chi connectivity index (χ4n) is 0.912. The highest BCUT2D eigenvalue weighted by Gasteiger charge is 2.04. The standard InChI is InChI=1S/C8H12N2O2/c1-3-8-4-10(5-9-8)7(2)12-6-11/h4-7H,3H2,1-2H3. The number of rotatable bonds is 4. The van der Waals surface area contributed by atoms with Crippen molar-refractivity contribution in [2.24, 2.45) is 0 Å². The van der Waals surface area contributed by atoms with E-state index in [0.29, 0.717) is 6.47 Å². The molecule has 66 valence electrons. The van der Waals surface area contributed by atoms with Gasteiger partial charge in [0.05, 0.1) is 12.0 Å². The molecule has 0 fully saturated rings. The normalized spacial score (nSPS) is 12.5. The van der Waals surface area contributed by atoms with Gasteiger partial charge in [0.25, 0.3) is 6.47 Å². The van der Waals surface area contributed by atoms with E-state index in [1.54, 1.807) is 17.8 Å². The molecule has 0 aliphatic rings. The first-order chi connectivity index (χ1) is 5.77. The van der Waals surface area contributed by atoms with Gasteiger partial charge in [0.15, 0.2) is 6.23 Å². The van der Waals surface area contributed by atoms with Crippen LogP contribution < -0.4 is 0 Å². The topological polar surface area (TPSA) is 44.1 Å². The summed E-state index contributed by atoms with van der Waals surface area (Å²) in [6.07, 6.45) is 4.15. The second-order valence-electron chi connectivity index (χ2n) is 2.50. The first kappa shape index (κ1) is 8.77. The van der Waals surface area contributed by atoms with E-state index in [-0.39, 0.29) is 6.23 Å². The molecule has 0 aliphatic carbocycles. The second kappa shape index (κ2) is 3.90. The van der Waals surface area contributed by atoms with Gasteiger partial charge in [-0.2, -0.15) is 0 Å². The van der Waals surface area contributed by atoms with Crippen LogP contribution >= 0.6 is 0 Å². The van der Waals surface area contributed by atoms with Crippen molar-refractivity contribution in [3.05, 3.63) is 18.2 Å². The predicted octanol–water partition coefficient (Wildman–Crippen LogP) is 1.14. The zero-order valence-electron chi connectivity index (χ0n) is 7.23. The Morgan fingerprint density at radius 3 is 3.08 bits per heavy atom. The summed E-state index contributed by atoms with van der Waals surface area (Å²) in [4.78, 5) is 14.1. The lowest BCUT2D eigenvalue weighted by atomic mass is 10.4. The minimum Gasteiger partial charge on any atom is -0.444 e. The van der Waals surface area contributed by atoms with Crippen LogP contribution in [0.3, 0.4) is 0 Å². The summed E-state index contributed by atoms with van der Waals surface area (Å²) < 4.78 is 6.49. The van der Waals surface area contributed by atoms with Crippen molar-refractivity contribution < 1.29 is 9.53 Å². The van der Waals surface area contributed by atoms with Crippen LogP contribution in [0.1, 0.15) is 25.8 Å². The Labute approximate surface area is 71.2 Å². The van der Waals surface area contributed by atoms with Crippen molar-refractivity contribution in [2.45, 2.75) is 26.5 Å². The Hall–Kier alpha value is -1.32. The summed E-state index contributed by atoms with van der Waals surface area (Å²) in [5.74, 6) is 0. The van der Waals surface area contributed by atoms with Gasteiger partial charge in [0, 0.05) is 6.20 Å². The van der Waals surface area contributed by atoms with Gasteiger partial charge in [-0.25, -0.2) is 4.98 Å². The molecule has 4 nitrogen and oxygen atoms in total. The van der Waals surface area contributed by atoms with Crippen LogP contribution in [0.25, 0.3) is 0 Å². The average Bonchev–Trinajstić information content (AvgIpc) is 2.52. The molecular formula is C8H12N2O2. The molecule has 1 atom stereocenters. The Morgan fingerprint density at radius 1 is 1.83 bits per heavy atom. The molecule has 0 saturated carbocycles. The highest BCUT2D eigenvalue weighted by atomic mass is 16.5. The fourth-order valence-corrected chi connectivity index (χ4v) is 0.912. The van der Waals surface area contributed by atoms with Gasteiger partial charge < -0.3 is 9.30 Å². The van der Waals surface area contributed by atoms with Crippen LogP contribution in [-0.4, -0.2) is 16.0 Å². The maximum Gasteiger partial charge on any atom is 0.295 e. The van der Waals surface area contributed by atoms with E-state index in [1.165, 1.54) is 0 Å². The highest BCUT2D eigenvalue weighted by molar-refractivity contribution is 5.37. The molecule has 0 N–H and O–H groups in total. The molecule has 1 heterocycles. The van der Waals surface area contributed by atoms with Gasteiger partial charge in [0.2, 0.25) is 0 Å². The van der Waals surface area contributed by atoms with Crippen molar-refractivity contribution >= 4 is 6.47 Å². The van der Waals surface area contributed by atoms with Gasteiger partial charge in [-0.15, -0.1) is 0 Å². The molecule has 4 heteroatoms. The van der Waals surface area contributed by atoms with E-state index >= 15 is 0 Å². The molecule has 0 saturated heterocycles. The molecule has 1 unspecified atom stereocenters. The number of nitrogens with zero attached hydrogens (tertiary/aromatic N) is 2. The van der Waals surface area contributed by atoms with Crippen molar-refractivity contribution in [1.29, 1.82) is 0 Å². The van der Waals surface area contributed by atoms with Gasteiger partial charge in [-0.05, 0) is 13.3 Å². The minimum atomic E-state index is -0.268. The lowest BCUT2D eigenvalue weighted by molar-refractivity contribution is -0.136. The van der Waals surface area contributed by atoms with Crippen LogP contribution in [0.2, 0.25) is 0 Å². The molecule has 0 amide bonds. The Kier molecular flexibility index (Phi) is 2.85. The van der Waals surface area contributed by atoms with E-state index in [0.717, 1.165) is 12.1 Å². The maximum absolute atomic E-state index is 10.0. The number of hydrogen-bond acceptors (Lipinski definition) is 3. The van der Waals surface area contributed by atoms with Crippen molar-refractivity contribution in [3.63, 3.8) is 0 Å². The summed E-state index contributed by atoms with van der Waals surface area (Å²) in [5, 5.41) is 0. The van der Waals surface area contributed by atoms with Crippen LogP contribution in [-0.2, 0) is 16.0 Å². The van der Waals surface area contributed by atoms with E-state index in [1.807, 2.05) is 13.1 Å². The molecule has 1 aromatic rings. The molecule has 12 heavy (non-hydrogen) atoms. The lowest BCUT2D eigenvalue weighted by Crippen LogP contribution is -2.05. The van der Waals surface area contributed by atoms with Gasteiger partial charge in [-0.1, -0.05) is 6.92 Å². The van der Waals surface area contributed by atoms with E-state index < -0.39 is 0 Å². The third kappa shape index (κ3) is 1.84. The first-order valence-electron chi connectivity index (χ1n) is 3.89. The Morgan fingerprint density at radius 2 is 2.58 bits per heavy atom. The van der Waals surface area contributed by atoms with Gasteiger partial charge >= 0.3 is 0 Å². The number of hydrogen-bond donors (Lipinski definition) is 0. The number of imidazole rings is 1. The summed E-state index contributed by atoms with van der Waals surface area (Å²) in [7, 11) is 0. The van der Waals surface area contributed by atoms with E-state index in [2.05, 4.69) is 4.98 Å². The summed E-state index contributed by atoms with van der Waals surface area (Å²) in [6.45, 7) is 4.25. The Balaban J connectivity index is 2.67. The summed E-state index contributed by atoms with van der Waals surface area (Å²) in [5.41, 5.74) is 0.997. The summed E-state index contributed by atoms with van der Waals surface area (Å²) >= 11 is 0. The quantitative estimate of drug-likeness (QED) is 0.633. The van der Waals surface area contributed by atoms with Crippen LogP contribution in [0.15, 0.2) is 12.5 Å². The molecule has 0 aromatic carbocycles. The highest BCUT2D eigenvalue weighted by Crippen LogP contribution is 2.07. The van der Waals surface area contributed by atoms with E-state index in [9.17, 15) is 4.79 Å². The maximum atomic E-state index is 10.0. The number of aryl methyl sites for hydroxylation is 1. The number of aromatic nitrogens is 2. The number of ether oxygens (including phenoxy) is 1. The largest absolute Gasteiger partial charge is 0.444 e. The average molecular weight is 168 g/mol. The first-order valence-corrected chi connectivity index (χ1v) is 3.89. The minimum absolute atomic E-state index is 0.268. The molecule has 0 bridgehead atoms. The molecule has 1 aromatic heterocycles. The number of carbonyl (C=O) groups is 1. The lowest BCUT2D eigenvalue weighted by Gasteiger charge is -2.09. The molecular weight excluding hydrogens is 156 g/mol. The van der Waals surface area contributed by atoms with Crippen LogP contribution in [0.5, 0.6) is 0 Å². The van der Waals surface area contributed by atoms with Crippen molar-refractivity contribution in [1.82, 2.24) is 9.55 Å². The third-order valence-electron chi connectivity index (χ3n) is 1.69. The zero-order chi connectivity index (χ0) is 8.97. The van der Waals surface area contributed by atoms with Crippen molar-refractivity contribution in [2.75, 3.05) is 0 Å². The molecule has 0 spiro atoms. The van der Waals surface area contributed by atoms with E-state index in [4.69, 9.17) is 4.74 Å². The molecule has 1 rings (SSSR count). The van der Waals surface area contributed by atoms with Crippen LogP contribution in [0, 0.1) is 0 Å². The summed E-state index contributed by atoms with van der Waals surface area (Å²) in [6, 6.07) is 0. The molecule has 0 radical (unpaired) electrons. The van der Waals surface area contributed by atoms with Crippen LogP contribution in [0.4, 0.5) is 0 Å². The SMILES string of the molecule is CCc1cn(C(C)OC=O)cn1. The Bertz CT molecular complexity index is 257. The fraction of sp³-hybridized carbons (Fsp3) is 0.500. The predicted molar refractivity (Wildman–Crippen MR) is 43.5 cm³/mol. The zero-order valence-corrected chi connectivity index (χ0v) is 7.23. The van der Waals surface area contributed by atoms with Gasteiger partial charge in [0.1, 0.15) is 0 Å². The van der Waals surface area contributed by atoms with Crippen molar-refractivity contribution in [3.8, 4) is 0 Å². The smallest absolute Gasteiger partial charge is 0.295 e. The number of carbonyl (C=O) groups excluding carboxylic acids is 1. The second-order valence-corrected chi connectivity index (χ2v) is 2.50.